The first-order valence-electron chi connectivity index (χ1n) is 11.2. The van der Waals surface area contributed by atoms with Crippen LogP contribution >= 0.6 is 0 Å². The van der Waals surface area contributed by atoms with E-state index in [0.717, 1.165) is 12.8 Å². The lowest BCUT2D eigenvalue weighted by Gasteiger charge is -2.15. The average molecular weight is 463 g/mol. The summed E-state index contributed by atoms with van der Waals surface area (Å²) in [5.41, 5.74) is 1.69. The van der Waals surface area contributed by atoms with Crippen LogP contribution in [0.3, 0.4) is 0 Å². The van der Waals surface area contributed by atoms with E-state index in [4.69, 9.17) is 0 Å². The van der Waals surface area contributed by atoms with Gasteiger partial charge in [-0.3, -0.25) is 9.59 Å². The zero-order chi connectivity index (χ0) is 24.1. The van der Waals surface area contributed by atoms with Crippen LogP contribution < -0.4 is 10.9 Å². The van der Waals surface area contributed by atoms with E-state index in [2.05, 4.69) is 15.5 Å². The third kappa shape index (κ3) is 3.57. The van der Waals surface area contributed by atoms with E-state index in [-0.39, 0.29) is 46.6 Å². The molecule has 0 aliphatic heterocycles. The number of nitrogens with zero attached hydrogens (tertiary/aromatic N) is 4. The zero-order valence-electron chi connectivity index (χ0n) is 19.0. The monoisotopic (exact) mass is 463 g/mol. The van der Waals surface area contributed by atoms with Gasteiger partial charge in [0.1, 0.15) is 11.6 Å². The number of carbonyl (C=O) groups excluding carboxylic acids is 1. The van der Waals surface area contributed by atoms with E-state index in [9.17, 15) is 18.4 Å². The summed E-state index contributed by atoms with van der Waals surface area (Å²) in [4.78, 5) is 26.1. The lowest BCUT2D eigenvalue weighted by atomic mass is 9.98. The van der Waals surface area contributed by atoms with E-state index in [1.807, 2.05) is 0 Å². The second-order valence-corrected chi connectivity index (χ2v) is 8.58. The molecule has 174 valence electrons. The van der Waals surface area contributed by atoms with E-state index >= 15 is 0 Å². The van der Waals surface area contributed by atoms with Crippen LogP contribution in [-0.4, -0.2) is 31.3 Å². The number of nitrogens with one attached hydrogen (secondary N) is 1. The lowest BCUT2D eigenvalue weighted by Crippen LogP contribution is -2.28. The lowest BCUT2D eigenvalue weighted by molar-refractivity contribution is 0.0950. The maximum Gasteiger partial charge on any atom is 0.273 e. The van der Waals surface area contributed by atoms with E-state index in [1.54, 1.807) is 32.9 Å². The SMILES string of the molecule is CCn1c(=O)c(-c2cc(C(=O)NC3CC3)cc(F)c2C)cc2nnc(-c3c(C)cccc3F)n21. The van der Waals surface area contributed by atoms with Crippen molar-refractivity contribution < 1.29 is 13.6 Å². The summed E-state index contributed by atoms with van der Waals surface area (Å²) >= 11 is 0. The highest BCUT2D eigenvalue weighted by Gasteiger charge is 2.26. The fraction of sp³-hybridized carbons (Fsp3) is 0.280. The van der Waals surface area contributed by atoms with Gasteiger partial charge in [0.2, 0.25) is 0 Å². The smallest absolute Gasteiger partial charge is 0.273 e. The number of aryl methyl sites for hydroxylation is 2. The number of rotatable bonds is 5. The van der Waals surface area contributed by atoms with Crippen LogP contribution in [0.25, 0.3) is 28.2 Å². The molecule has 1 fully saturated rings. The molecule has 2 aromatic heterocycles. The molecule has 0 saturated heterocycles. The number of hydrogen-bond acceptors (Lipinski definition) is 4. The molecule has 1 amide bonds. The molecule has 1 aliphatic rings. The molecule has 7 nitrogen and oxygen atoms in total. The first-order chi connectivity index (χ1) is 16.3. The third-order valence-corrected chi connectivity index (χ3v) is 6.20. The summed E-state index contributed by atoms with van der Waals surface area (Å²) in [5.74, 6) is -1.22. The fourth-order valence-electron chi connectivity index (χ4n) is 4.18. The van der Waals surface area contributed by atoms with Crippen molar-refractivity contribution >= 4 is 11.6 Å². The highest BCUT2D eigenvalue weighted by atomic mass is 19.1. The van der Waals surface area contributed by atoms with Crippen LogP contribution in [0.15, 0.2) is 41.2 Å². The van der Waals surface area contributed by atoms with Crippen LogP contribution in [0.4, 0.5) is 8.78 Å². The predicted molar refractivity (Wildman–Crippen MR) is 124 cm³/mol. The van der Waals surface area contributed by atoms with Gasteiger partial charge in [0.15, 0.2) is 11.5 Å². The normalized spacial score (nSPS) is 13.4. The molecule has 1 aliphatic carbocycles. The van der Waals surface area contributed by atoms with Crippen LogP contribution in [0.5, 0.6) is 0 Å². The minimum absolute atomic E-state index is 0.116. The number of hydrogen-bond donors (Lipinski definition) is 1. The van der Waals surface area contributed by atoms with Gasteiger partial charge in [-0.25, -0.2) is 18.0 Å². The number of fused-ring (bicyclic) bond motifs is 1. The molecule has 1 N–H and O–H groups in total. The molecule has 5 rings (SSSR count). The Morgan fingerprint density at radius 2 is 1.85 bits per heavy atom. The summed E-state index contributed by atoms with van der Waals surface area (Å²) < 4.78 is 32.4. The molecule has 34 heavy (non-hydrogen) atoms. The molecule has 1 saturated carbocycles. The number of amides is 1. The number of benzene rings is 2. The van der Waals surface area contributed by atoms with Crippen LogP contribution in [0.2, 0.25) is 0 Å². The van der Waals surface area contributed by atoms with Crippen molar-refractivity contribution in [3.63, 3.8) is 0 Å². The van der Waals surface area contributed by atoms with Gasteiger partial charge in [-0.1, -0.05) is 12.1 Å². The predicted octanol–water partition coefficient (Wildman–Crippen LogP) is 4.03. The van der Waals surface area contributed by atoms with Gasteiger partial charge in [-0.05, 0) is 74.6 Å². The Balaban J connectivity index is 1.72. The Kier molecular flexibility index (Phi) is 5.27. The average Bonchev–Trinajstić information content (AvgIpc) is 3.53. The second-order valence-electron chi connectivity index (χ2n) is 8.58. The van der Waals surface area contributed by atoms with Gasteiger partial charge in [-0.2, -0.15) is 0 Å². The molecular formula is C25H23F2N5O2. The Morgan fingerprint density at radius 3 is 2.53 bits per heavy atom. The zero-order valence-corrected chi connectivity index (χ0v) is 19.0. The number of halogens is 2. The summed E-state index contributed by atoms with van der Waals surface area (Å²) in [7, 11) is 0. The molecule has 0 bridgehead atoms. The fourth-order valence-corrected chi connectivity index (χ4v) is 4.18. The first-order valence-corrected chi connectivity index (χ1v) is 11.2. The second kappa shape index (κ2) is 8.16. The molecule has 0 atom stereocenters. The quantitative estimate of drug-likeness (QED) is 0.485. The Bertz CT molecular complexity index is 1500. The van der Waals surface area contributed by atoms with Crippen LogP contribution in [-0.2, 0) is 6.54 Å². The molecule has 0 spiro atoms. The van der Waals surface area contributed by atoms with Gasteiger partial charge in [-0.15, -0.1) is 10.2 Å². The van der Waals surface area contributed by atoms with Crippen molar-refractivity contribution in [3.8, 4) is 22.5 Å². The standard InChI is InChI=1S/C25H23F2N5O2/c1-4-31-25(34)18(17-10-15(11-20(27)14(17)3)24(33)28-16-8-9-16)12-21-29-30-23(32(21)31)22-13(2)6-5-7-19(22)26/h5-7,10-12,16H,4,8-9H2,1-3H3,(H,28,33). The van der Waals surface area contributed by atoms with Crippen molar-refractivity contribution in [1.82, 2.24) is 24.7 Å². The van der Waals surface area contributed by atoms with Gasteiger partial charge >= 0.3 is 0 Å². The minimum Gasteiger partial charge on any atom is -0.349 e. The van der Waals surface area contributed by atoms with Gasteiger partial charge in [0.25, 0.3) is 11.5 Å². The molecular weight excluding hydrogens is 440 g/mol. The Labute approximate surface area is 194 Å². The molecule has 2 aromatic carbocycles. The minimum atomic E-state index is -0.579. The van der Waals surface area contributed by atoms with Crippen molar-refractivity contribution in [2.45, 2.75) is 46.2 Å². The Morgan fingerprint density at radius 1 is 1.09 bits per heavy atom. The number of carbonyl (C=O) groups is 1. The molecule has 0 radical (unpaired) electrons. The molecule has 0 unspecified atom stereocenters. The maximum absolute atomic E-state index is 14.8. The highest BCUT2D eigenvalue weighted by Crippen LogP contribution is 2.29. The largest absolute Gasteiger partial charge is 0.349 e. The van der Waals surface area contributed by atoms with Gasteiger partial charge in [0, 0.05) is 18.2 Å². The number of aromatic nitrogens is 4. The van der Waals surface area contributed by atoms with E-state index < -0.39 is 17.2 Å². The van der Waals surface area contributed by atoms with Crippen LogP contribution in [0.1, 0.15) is 41.3 Å². The maximum atomic E-state index is 14.8. The third-order valence-electron chi connectivity index (χ3n) is 6.20. The Hall–Kier alpha value is -3.88. The molecule has 9 heteroatoms. The molecule has 2 heterocycles. The van der Waals surface area contributed by atoms with E-state index in [0.29, 0.717) is 16.8 Å². The highest BCUT2D eigenvalue weighted by molar-refractivity contribution is 5.96. The van der Waals surface area contributed by atoms with E-state index in [1.165, 1.54) is 33.5 Å². The first kappa shape index (κ1) is 21.9. The van der Waals surface area contributed by atoms with Gasteiger partial charge < -0.3 is 5.32 Å². The van der Waals surface area contributed by atoms with Gasteiger partial charge in [0.05, 0.1) is 11.1 Å². The van der Waals surface area contributed by atoms with Crippen molar-refractivity contribution in [2.24, 2.45) is 0 Å². The summed E-state index contributed by atoms with van der Waals surface area (Å²) in [5, 5.41) is 11.2. The molecule has 4 aromatic rings. The summed E-state index contributed by atoms with van der Waals surface area (Å²) in [6, 6.07) is 9.02. The van der Waals surface area contributed by atoms with Crippen molar-refractivity contribution in [2.75, 3.05) is 0 Å². The summed E-state index contributed by atoms with van der Waals surface area (Å²) in [6.45, 7) is 5.33. The topological polar surface area (TPSA) is 81.3 Å². The van der Waals surface area contributed by atoms with Crippen LogP contribution in [0, 0.1) is 25.5 Å². The summed E-state index contributed by atoms with van der Waals surface area (Å²) in [6.07, 6.45) is 1.81. The van der Waals surface area contributed by atoms with Crippen molar-refractivity contribution in [1.29, 1.82) is 0 Å². The van der Waals surface area contributed by atoms with Crippen molar-refractivity contribution in [3.05, 3.63) is 75.1 Å².